The third-order valence-corrected chi connectivity index (χ3v) is 4.39. The molecule has 2 N–H and O–H groups in total. The van der Waals surface area contributed by atoms with Crippen molar-refractivity contribution < 1.29 is 14.3 Å². The fraction of sp³-hybridized carbons (Fsp3) is 0.100. The summed E-state index contributed by atoms with van der Waals surface area (Å²) in [5.41, 5.74) is 1.76. The third kappa shape index (κ3) is 4.94. The van der Waals surface area contributed by atoms with Gasteiger partial charge in [-0.2, -0.15) is 0 Å². The number of benzene rings is 2. The Balaban J connectivity index is 1.50. The number of thiophene rings is 1. The van der Waals surface area contributed by atoms with Gasteiger partial charge in [-0.25, -0.2) is 0 Å². The van der Waals surface area contributed by atoms with Gasteiger partial charge in [0.1, 0.15) is 11.5 Å². The molecule has 0 bridgehead atoms. The second kappa shape index (κ2) is 8.31. The molecule has 132 valence electrons. The van der Waals surface area contributed by atoms with Crippen LogP contribution in [0.2, 0.25) is 0 Å². The van der Waals surface area contributed by atoms with Crippen LogP contribution in [0.25, 0.3) is 0 Å². The van der Waals surface area contributed by atoms with Gasteiger partial charge in [0, 0.05) is 5.69 Å². The summed E-state index contributed by atoms with van der Waals surface area (Å²) in [7, 11) is 0. The predicted octanol–water partition coefficient (Wildman–Crippen LogP) is 4.22. The largest absolute Gasteiger partial charge is 0.457 e. The Morgan fingerprint density at radius 1 is 1.00 bits per heavy atom. The molecule has 0 aliphatic rings. The van der Waals surface area contributed by atoms with Crippen molar-refractivity contribution in [1.29, 1.82) is 0 Å². The zero-order valence-electron chi connectivity index (χ0n) is 14.2. The van der Waals surface area contributed by atoms with Crippen molar-refractivity contribution in [2.45, 2.75) is 6.92 Å². The molecule has 2 aromatic carbocycles. The van der Waals surface area contributed by atoms with Crippen molar-refractivity contribution in [2.75, 3.05) is 11.9 Å². The van der Waals surface area contributed by atoms with Crippen LogP contribution in [-0.2, 0) is 4.79 Å². The Hall–Kier alpha value is -3.12. The first-order valence-corrected chi connectivity index (χ1v) is 8.94. The molecule has 0 saturated heterocycles. The maximum atomic E-state index is 11.9. The molecule has 3 aromatic rings. The van der Waals surface area contributed by atoms with E-state index in [1.165, 1.54) is 11.3 Å². The highest BCUT2D eigenvalue weighted by atomic mass is 32.1. The van der Waals surface area contributed by atoms with Crippen LogP contribution in [0.3, 0.4) is 0 Å². The third-order valence-electron chi connectivity index (χ3n) is 3.52. The second-order valence-corrected chi connectivity index (χ2v) is 6.60. The maximum Gasteiger partial charge on any atom is 0.261 e. The summed E-state index contributed by atoms with van der Waals surface area (Å²) in [6.07, 6.45) is 0. The van der Waals surface area contributed by atoms with Gasteiger partial charge in [0.2, 0.25) is 5.91 Å². The predicted molar refractivity (Wildman–Crippen MR) is 103 cm³/mol. The molecule has 0 aliphatic heterocycles. The van der Waals surface area contributed by atoms with Crippen LogP contribution in [0.1, 0.15) is 15.2 Å². The van der Waals surface area contributed by atoms with Crippen LogP contribution in [0.4, 0.5) is 5.69 Å². The fourth-order valence-corrected chi connectivity index (χ4v) is 2.92. The highest BCUT2D eigenvalue weighted by molar-refractivity contribution is 7.12. The Bertz CT molecular complexity index is 890. The molecule has 6 heteroatoms. The average Bonchev–Trinajstić information content (AvgIpc) is 3.16. The molecule has 0 unspecified atom stereocenters. The molecule has 0 radical (unpaired) electrons. The molecule has 0 atom stereocenters. The number of amides is 2. The molecular formula is C20H18N2O3S. The van der Waals surface area contributed by atoms with E-state index in [-0.39, 0.29) is 18.4 Å². The molecule has 3 rings (SSSR count). The smallest absolute Gasteiger partial charge is 0.261 e. The Morgan fingerprint density at radius 2 is 1.81 bits per heavy atom. The van der Waals surface area contributed by atoms with E-state index >= 15 is 0 Å². The Kier molecular flexibility index (Phi) is 5.66. The fourth-order valence-electron chi connectivity index (χ4n) is 2.28. The van der Waals surface area contributed by atoms with Crippen LogP contribution < -0.4 is 15.4 Å². The number of anilines is 1. The first-order valence-electron chi connectivity index (χ1n) is 8.06. The van der Waals surface area contributed by atoms with Crippen molar-refractivity contribution in [3.05, 3.63) is 76.5 Å². The van der Waals surface area contributed by atoms with Gasteiger partial charge in [-0.1, -0.05) is 18.2 Å². The van der Waals surface area contributed by atoms with E-state index in [2.05, 4.69) is 10.6 Å². The highest BCUT2D eigenvalue weighted by Gasteiger charge is 2.09. The quantitative estimate of drug-likeness (QED) is 0.686. The van der Waals surface area contributed by atoms with Gasteiger partial charge in [-0.05, 0) is 60.3 Å². The summed E-state index contributed by atoms with van der Waals surface area (Å²) in [6.45, 7) is 1.92. The van der Waals surface area contributed by atoms with Crippen molar-refractivity contribution in [2.24, 2.45) is 0 Å². The number of ether oxygens (including phenoxy) is 1. The van der Waals surface area contributed by atoms with E-state index in [0.717, 1.165) is 11.3 Å². The Morgan fingerprint density at radius 3 is 2.50 bits per heavy atom. The minimum absolute atomic E-state index is 0.0850. The number of carbonyl (C=O) groups excluding carboxylic acids is 2. The van der Waals surface area contributed by atoms with Gasteiger partial charge >= 0.3 is 0 Å². The van der Waals surface area contributed by atoms with Gasteiger partial charge in [0.15, 0.2) is 0 Å². The normalized spacial score (nSPS) is 10.2. The van der Waals surface area contributed by atoms with Crippen LogP contribution in [0.15, 0.2) is 66.0 Å². The molecule has 0 fully saturated rings. The molecule has 5 nitrogen and oxygen atoms in total. The highest BCUT2D eigenvalue weighted by Crippen LogP contribution is 2.23. The molecule has 26 heavy (non-hydrogen) atoms. The van der Waals surface area contributed by atoms with Crippen LogP contribution in [0.5, 0.6) is 11.5 Å². The summed E-state index contributed by atoms with van der Waals surface area (Å²) in [6, 6.07) is 18.3. The average molecular weight is 366 g/mol. The molecule has 2 amide bonds. The number of hydrogen-bond acceptors (Lipinski definition) is 4. The van der Waals surface area contributed by atoms with E-state index in [0.29, 0.717) is 16.3 Å². The van der Waals surface area contributed by atoms with Gasteiger partial charge in [-0.3, -0.25) is 9.59 Å². The number of hydrogen-bond donors (Lipinski definition) is 2. The first kappa shape index (κ1) is 17.7. The molecule has 1 aromatic heterocycles. The lowest BCUT2D eigenvalue weighted by Gasteiger charge is -2.09. The molecule has 0 aliphatic carbocycles. The van der Waals surface area contributed by atoms with E-state index < -0.39 is 0 Å². The van der Waals surface area contributed by atoms with Gasteiger partial charge < -0.3 is 15.4 Å². The minimum atomic E-state index is -0.290. The monoisotopic (exact) mass is 366 g/mol. The summed E-state index contributed by atoms with van der Waals surface area (Å²) in [4.78, 5) is 24.3. The van der Waals surface area contributed by atoms with Crippen molar-refractivity contribution in [3.8, 4) is 11.5 Å². The molecule has 1 heterocycles. The van der Waals surface area contributed by atoms with Gasteiger partial charge in [0.25, 0.3) is 5.91 Å². The van der Waals surface area contributed by atoms with Crippen molar-refractivity contribution in [3.63, 3.8) is 0 Å². The zero-order valence-corrected chi connectivity index (χ0v) is 15.0. The first-order chi connectivity index (χ1) is 12.6. The minimum Gasteiger partial charge on any atom is -0.457 e. The number of aryl methyl sites for hydroxylation is 1. The van der Waals surface area contributed by atoms with Crippen LogP contribution >= 0.6 is 11.3 Å². The molecule has 0 saturated carbocycles. The van der Waals surface area contributed by atoms with E-state index in [9.17, 15) is 9.59 Å². The van der Waals surface area contributed by atoms with Crippen LogP contribution in [0, 0.1) is 6.92 Å². The summed E-state index contributed by atoms with van der Waals surface area (Å²) >= 11 is 1.33. The van der Waals surface area contributed by atoms with E-state index in [1.807, 2.05) is 36.6 Å². The maximum absolute atomic E-state index is 11.9. The van der Waals surface area contributed by atoms with E-state index in [1.54, 1.807) is 36.4 Å². The lowest BCUT2D eigenvalue weighted by molar-refractivity contribution is -0.115. The SMILES string of the molecule is Cc1cccc(Oc2ccc(NC(=O)CNC(=O)c3cccs3)cc2)c1. The van der Waals surface area contributed by atoms with E-state index in [4.69, 9.17) is 4.74 Å². The van der Waals surface area contributed by atoms with Gasteiger partial charge in [0.05, 0.1) is 11.4 Å². The standard InChI is InChI=1S/C20H18N2O3S/c1-14-4-2-5-17(12-14)25-16-9-7-15(8-10-16)22-19(23)13-21-20(24)18-6-3-11-26-18/h2-12H,13H2,1H3,(H,21,24)(H,22,23). The summed E-state index contributed by atoms with van der Waals surface area (Å²) in [5.74, 6) is 0.900. The van der Waals surface area contributed by atoms with Crippen LogP contribution in [-0.4, -0.2) is 18.4 Å². The molecule has 0 spiro atoms. The lowest BCUT2D eigenvalue weighted by Crippen LogP contribution is -2.32. The second-order valence-electron chi connectivity index (χ2n) is 5.65. The van der Waals surface area contributed by atoms with Crippen molar-refractivity contribution in [1.82, 2.24) is 5.32 Å². The topological polar surface area (TPSA) is 67.4 Å². The lowest BCUT2D eigenvalue weighted by atomic mass is 10.2. The summed E-state index contributed by atoms with van der Waals surface area (Å²) < 4.78 is 5.77. The van der Waals surface area contributed by atoms with Crippen molar-refractivity contribution >= 4 is 28.8 Å². The molecular weight excluding hydrogens is 348 g/mol. The Labute approximate surface area is 155 Å². The number of carbonyl (C=O) groups is 2. The summed E-state index contributed by atoms with van der Waals surface area (Å²) in [5, 5.41) is 7.14. The number of rotatable bonds is 6. The van der Waals surface area contributed by atoms with Gasteiger partial charge in [-0.15, -0.1) is 11.3 Å². The number of nitrogens with one attached hydrogen (secondary N) is 2. The zero-order chi connectivity index (χ0) is 18.4.